The number of aliphatic hydroxyl groups excluding tert-OH is 1. The van der Waals surface area contributed by atoms with Crippen molar-refractivity contribution in [2.45, 2.75) is 18.9 Å². The van der Waals surface area contributed by atoms with E-state index in [9.17, 15) is 4.79 Å². The van der Waals surface area contributed by atoms with Gasteiger partial charge in [-0.05, 0) is 25.0 Å². The first kappa shape index (κ1) is 10.8. The van der Waals surface area contributed by atoms with Crippen molar-refractivity contribution in [3.05, 3.63) is 18.3 Å². The van der Waals surface area contributed by atoms with E-state index in [4.69, 9.17) is 5.11 Å². The molecule has 1 heterocycles. The summed E-state index contributed by atoms with van der Waals surface area (Å²) in [5.41, 5.74) is 0. The quantitative estimate of drug-likeness (QED) is 0.776. The third-order valence-corrected chi connectivity index (χ3v) is 2.40. The third-order valence-electron chi connectivity index (χ3n) is 2.40. The molecule has 1 aromatic heterocycles. The van der Waals surface area contributed by atoms with Gasteiger partial charge < -0.3 is 10.0 Å². The maximum absolute atomic E-state index is 11.8. The summed E-state index contributed by atoms with van der Waals surface area (Å²) < 4.78 is 0. The van der Waals surface area contributed by atoms with Gasteiger partial charge in [0.1, 0.15) is 0 Å². The van der Waals surface area contributed by atoms with Crippen LogP contribution in [-0.2, 0) is 0 Å². The van der Waals surface area contributed by atoms with Gasteiger partial charge in [-0.25, -0.2) is 4.79 Å². The fourth-order valence-electron chi connectivity index (χ4n) is 1.49. The van der Waals surface area contributed by atoms with Crippen LogP contribution in [0.5, 0.6) is 0 Å². The second kappa shape index (κ2) is 4.89. The van der Waals surface area contributed by atoms with Crippen LogP contribution >= 0.6 is 0 Å². The molecule has 0 aromatic carbocycles. The molecule has 1 aliphatic rings. The van der Waals surface area contributed by atoms with Gasteiger partial charge in [0.2, 0.25) is 0 Å². The van der Waals surface area contributed by atoms with Gasteiger partial charge in [0.05, 0.1) is 6.61 Å². The zero-order valence-electron chi connectivity index (χ0n) is 8.83. The van der Waals surface area contributed by atoms with Crippen molar-refractivity contribution < 1.29 is 9.90 Å². The maximum Gasteiger partial charge on any atom is 0.323 e. The summed E-state index contributed by atoms with van der Waals surface area (Å²) in [6.07, 6.45) is 3.56. The number of rotatable bonds is 4. The Bertz CT molecular complexity index is 353. The Morgan fingerprint density at radius 2 is 2.44 bits per heavy atom. The number of urea groups is 1. The monoisotopic (exact) mass is 222 g/mol. The fourth-order valence-corrected chi connectivity index (χ4v) is 1.49. The zero-order chi connectivity index (χ0) is 11.4. The molecule has 6 heteroatoms. The van der Waals surface area contributed by atoms with E-state index in [1.54, 1.807) is 23.2 Å². The first-order valence-electron chi connectivity index (χ1n) is 5.27. The fraction of sp³-hybridized carbons (Fsp3) is 0.500. The van der Waals surface area contributed by atoms with E-state index in [0.717, 1.165) is 12.8 Å². The number of hydrogen-bond acceptors (Lipinski definition) is 4. The Balaban J connectivity index is 1.95. The van der Waals surface area contributed by atoms with Crippen LogP contribution in [0.4, 0.5) is 10.6 Å². The summed E-state index contributed by atoms with van der Waals surface area (Å²) in [4.78, 5) is 13.5. The molecule has 0 aliphatic heterocycles. The molecule has 0 radical (unpaired) electrons. The van der Waals surface area contributed by atoms with E-state index in [2.05, 4.69) is 15.5 Å². The normalized spacial score (nSPS) is 14.6. The maximum atomic E-state index is 11.8. The van der Waals surface area contributed by atoms with Crippen molar-refractivity contribution in [2.24, 2.45) is 0 Å². The molecule has 1 fully saturated rings. The Labute approximate surface area is 93.3 Å². The predicted molar refractivity (Wildman–Crippen MR) is 57.9 cm³/mol. The molecule has 2 amide bonds. The number of amides is 2. The minimum absolute atomic E-state index is 0.0234. The Morgan fingerprint density at radius 1 is 1.62 bits per heavy atom. The second-order valence-electron chi connectivity index (χ2n) is 3.69. The van der Waals surface area contributed by atoms with Gasteiger partial charge in [-0.2, -0.15) is 5.10 Å². The van der Waals surface area contributed by atoms with Crippen LogP contribution < -0.4 is 5.32 Å². The average molecular weight is 222 g/mol. The van der Waals surface area contributed by atoms with Crippen molar-refractivity contribution in [3.63, 3.8) is 0 Å². The van der Waals surface area contributed by atoms with E-state index in [0.29, 0.717) is 12.4 Å². The zero-order valence-corrected chi connectivity index (χ0v) is 8.83. The highest BCUT2D eigenvalue weighted by atomic mass is 16.3. The van der Waals surface area contributed by atoms with Crippen LogP contribution in [0.2, 0.25) is 0 Å². The summed E-state index contributed by atoms with van der Waals surface area (Å²) in [6.45, 7) is 0.334. The highest BCUT2D eigenvalue weighted by molar-refractivity contribution is 5.88. The molecule has 1 aromatic rings. The topological polar surface area (TPSA) is 78.4 Å². The van der Waals surface area contributed by atoms with Gasteiger partial charge in [-0.3, -0.25) is 5.32 Å². The molecule has 2 rings (SSSR count). The number of anilines is 1. The largest absolute Gasteiger partial charge is 0.395 e. The highest BCUT2D eigenvalue weighted by Gasteiger charge is 2.32. The Hall–Kier alpha value is -1.69. The molecular weight excluding hydrogens is 208 g/mol. The molecule has 2 N–H and O–H groups in total. The van der Waals surface area contributed by atoms with Crippen LogP contribution in [0, 0.1) is 0 Å². The summed E-state index contributed by atoms with van der Waals surface area (Å²) in [5, 5.41) is 19.0. The lowest BCUT2D eigenvalue weighted by Gasteiger charge is -2.21. The molecule has 86 valence electrons. The van der Waals surface area contributed by atoms with Crippen LogP contribution in [0.3, 0.4) is 0 Å². The molecule has 0 spiro atoms. The number of carbonyl (C=O) groups is 1. The standard InChI is InChI=1S/C10H14N4O2/c15-7-6-14(8-3-4-8)10(16)12-9-2-1-5-11-13-9/h1-2,5,8,15H,3-4,6-7H2,(H,12,13,16). The minimum Gasteiger partial charge on any atom is -0.395 e. The number of aliphatic hydroxyl groups is 1. The number of hydrogen-bond donors (Lipinski definition) is 2. The van der Waals surface area contributed by atoms with Gasteiger partial charge in [-0.1, -0.05) is 0 Å². The smallest absolute Gasteiger partial charge is 0.323 e. The number of aromatic nitrogens is 2. The first-order valence-corrected chi connectivity index (χ1v) is 5.27. The third kappa shape index (κ3) is 2.66. The lowest BCUT2D eigenvalue weighted by atomic mass is 10.5. The molecular formula is C10H14N4O2. The average Bonchev–Trinajstić information content (AvgIpc) is 3.11. The van der Waals surface area contributed by atoms with Crippen molar-refractivity contribution >= 4 is 11.8 Å². The lowest BCUT2D eigenvalue weighted by molar-refractivity contribution is 0.185. The van der Waals surface area contributed by atoms with Gasteiger partial charge in [0.15, 0.2) is 5.82 Å². The first-order chi connectivity index (χ1) is 7.81. The molecule has 0 bridgehead atoms. The predicted octanol–water partition coefficient (Wildman–Crippen LogP) is 0.465. The second-order valence-corrected chi connectivity index (χ2v) is 3.69. The SMILES string of the molecule is O=C(Nc1cccnn1)N(CCO)C1CC1. The van der Waals surface area contributed by atoms with E-state index < -0.39 is 0 Å². The van der Waals surface area contributed by atoms with Crippen LogP contribution in [0.1, 0.15) is 12.8 Å². The number of carbonyl (C=O) groups excluding carboxylic acids is 1. The van der Waals surface area contributed by atoms with Gasteiger partial charge in [0.25, 0.3) is 0 Å². The number of nitrogens with one attached hydrogen (secondary N) is 1. The Kier molecular flexibility index (Phi) is 3.31. The minimum atomic E-state index is -0.225. The summed E-state index contributed by atoms with van der Waals surface area (Å²) >= 11 is 0. The molecule has 0 atom stereocenters. The summed E-state index contributed by atoms with van der Waals surface area (Å²) in [5.74, 6) is 0.427. The van der Waals surface area contributed by atoms with E-state index in [-0.39, 0.29) is 18.7 Å². The highest BCUT2D eigenvalue weighted by Crippen LogP contribution is 2.26. The van der Waals surface area contributed by atoms with E-state index >= 15 is 0 Å². The van der Waals surface area contributed by atoms with Crippen molar-refractivity contribution in [3.8, 4) is 0 Å². The number of nitrogens with zero attached hydrogens (tertiary/aromatic N) is 3. The van der Waals surface area contributed by atoms with Crippen molar-refractivity contribution in [2.75, 3.05) is 18.5 Å². The van der Waals surface area contributed by atoms with Crippen LogP contribution in [0.25, 0.3) is 0 Å². The molecule has 0 saturated heterocycles. The van der Waals surface area contributed by atoms with Gasteiger partial charge >= 0.3 is 6.03 Å². The van der Waals surface area contributed by atoms with E-state index in [1.807, 2.05) is 0 Å². The van der Waals surface area contributed by atoms with Gasteiger partial charge in [0, 0.05) is 18.8 Å². The van der Waals surface area contributed by atoms with Gasteiger partial charge in [-0.15, -0.1) is 5.10 Å². The Morgan fingerprint density at radius 3 is 3.00 bits per heavy atom. The molecule has 16 heavy (non-hydrogen) atoms. The van der Waals surface area contributed by atoms with E-state index in [1.165, 1.54) is 0 Å². The van der Waals surface area contributed by atoms with Crippen molar-refractivity contribution in [1.82, 2.24) is 15.1 Å². The van der Waals surface area contributed by atoms with Crippen LogP contribution in [0.15, 0.2) is 18.3 Å². The summed E-state index contributed by atoms with van der Waals surface area (Å²) in [6, 6.07) is 3.42. The molecule has 1 saturated carbocycles. The molecule has 6 nitrogen and oxygen atoms in total. The van der Waals surface area contributed by atoms with Crippen LogP contribution in [-0.4, -0.2) is 45.4 Å². The summed E-state index contributed by atoms with van der Waals surface area (Å²) in [7, 11) is 0. The molecule has 1 aliphatic carbocycles. The lowest BCUT2D eigenvalue weighted by Crippen LogP contribution is -2.38. The van der Waals surface area contributed by atoms with Crippen molar-refractivity contribution in [1.29, 1.82) is 0 Å². The molecule has 0 unspecified atom stereocenters.